The number of nitrogen functional groups attached to an aromatic ring is 1. The van der Waals surface area contributed by atoms with Gasteiger partial charge in [0.25, 0.3) is 0 Å². The summed E-state index contributed by atoms with van der Waals surface area (Å²) >= 11 is 0. The smallest absolute Gasteiger partial charge is 0.387 e. The highest BCUT2D eigenvalue weighted by Crippen LogP contribution is 2.35. The Morgan fingerprint density at radius 2 is 1.62 bits per heavy atom. The van der Waals surface area contributed by atoms with Crippen LogP contribution in [0.4, 0.5) is 27.6 Å². The standard InChI is InChI=1S/C13H8F5NO2/c14-6-2-1-3-9(12(6)16)20-11-5-10(21-13(17)18)7(15)4-8(11)19/h1-5,13H,19H2. The highest BCUT2D eigenvalue weighted by atomic mass is 19.3. The van der Waals surface area contributed by atoms with Gasteiger partial charge in [0.2, 0.25) is 5.82 Å². The third-order valence-corrected chi connectivity index (χ3v) is 2.42. The van der Waals surface area contributed by atoms with Gasteiger partial charge in [0.05, 0.1) is 5.69 Å². The molecular weight excluding hydrogens is 297 g/mol. The number of anilines is 1. The van der Waals surface area contributed by atoms with Crippen molar-refractivity contribution in [3.63, 3.8) is 0 Å². The predicted octanol–water partition coefficient (Wildman–Crippen LogP) is 4.08. The third kappa shape index (κ3) is 3.33. The maximum atomic E-state index is 13.4. The number of nitrogens with two attached hydrogens (primary N) is 1. The van der Waals surface area contributed by atoms with Crippen molar-refractivity contribution in [2.24, 2.45) is 0 Å². The lowest BCUT2D eigenvalue weighted by molar-refractivity contribution is -0.0522. The summed E-state index contributed by atoms with van der Waals surface area (Å²) in [5.74, 6) is -5.31. The van der Waals surface area contributed by atoms with E-state index in [2.05, 4.69) is 4.74 Å². The molecule has 2 aromatic rings. The van der Waals surface area contributed by atoms with Crippen molar-refractivity contribution in [3.05, 3.63) is 47.8 Å². The molecule has 0 aliphatic rings. The molecule has 0 amide bonds. The molecule has 21 heavy (non-hydrogen) atoms. The van der Waals surface area contributed by atoms with Gasteiger partial charge in [-0.05, 0) is 12.1 Å². The van der Waals surface area contributed by atoms with E-state index in [0.29, 0.717) is 6.07 Å². The van der Waals surface area contributed by atoms with Gasteiger partial charge < -0.3 is 15.2 Å². The molecule has 0 spiro atoms. The fourth-order valence-corrected chi connectivity index (χ4v) is 1.51. The third-order valence-electron chi connectivity index (χ3n) is 2.42. The fourth-order valence-electron chi connectivity index (χ4n) is 1.51. The second-order valence-electron chi connectivity index (χ2n) is 3.85. The van der Waals surface area contributed by atoms with Crippen molar-refractivity contribution < 1.29 is 31.4 Å². The van der Waals surface area contributed by atoms with Gasteiger partial charge in [-0.25, -0.2) is 8.78 Å². The molecule has 0 saturated heterocycles. The average Bonchev–Trinajstić information content (AvgIpc) is 2.40. The number of rotatable bonds is 4. The molecule has 2 rings (SSSR count). The van der Waals surface area contributed by atoms with Crippen LogP contribution >= 0.6 is 0 Å². The summed E-state index contributed by atoms with van der Waals surface area (Å²) in [5.41, 5.74) is 5.14. The number of halogens is 5. The van der Waals surface area contributed by atoms with Gasteiger partial charge in [-0.1, -0.05) is 6.07 Å². The van der Waals surface area contributed by atoms with Crippen molar-refractivity contribution in [2.45, 2.75) is 6.61 Å². The van der Waals surface area contributed by atoms with Gasteiger partial charge in [-0.3, -0.25) is 0 Å². The summed E-state index contributed by atoms with van der Waals surface area (Å²) in [6.45, 7) is -3.26. The van der Waals surface area contributed by atoms with Gasteiger partial charge >= 0.3 is 6.61 Å². The molecule has 0 bridgehead atoms. The Bertz CT molecular complexity index is 663. The molecule has 0 saturated carbocycles. The maximum Gasteiger partial charge on any atom is 0.387 e. The minimum Gasteiger partial charge on any atom is -0.452 e. The van der Waals surface area contributed by atoms with E-state index in [1.807, 2.05) is 0 Å². The van der Waals surface area contributed by atoms with Crippen LogP contribution in [0.2, 0.25) is 0 Å². The van der Waals surface area contributed by atoms with Crippen LogP contribution in [-0.4, -0.2) is 6.61 Å². The Balaban J connectivity index is 2.37. The molecule has 2 N–H and O–H groups in total. The Morgan fingerprint density at radius 1 is 0.905 bits per heavy atom. The number of ether oxygens (including phenoxy) is 2. The molecule has 112 valence electrons. The van der Waals surface area contributed by atoms with Gasteiger partial charge in [0.15, 0.2) is 28.9 Å². The van der Waals surface area contributed by atoms with Crippen LogP contribution in [0.5, 0.6) is 17.2 Å². The monoisotopic (exact) mass is 305 g/mol. The Hall–Kier alpha value is -2.51. The van der Waals surface area contributed by atoms with Crippen molar-refractivity contribution in [1.29, 1.82) is 0 Å². The number of benzene rings is 2. The number of hydrogen-bond donors (Lipinski definition) is 1. The Morgan fingerprint density at radius 3 is 2.29 bits per heavy atom. The van der Waals surface area contributed by atoms with E-state index in [0.717, 1.165) is 18.2 Å². The molecule has 0 aliphatic carbocycles. The van der Waals surface area contributed by atoms with Crippen molar-refractivity contribution >= 4 is 5.69 Å². The number of hydrogen-bond acceptors (Lipinski definition) is 3. The largest absolute Gasteiger partial charge is 0.452 e. The molecule has 3 nitrogen and oxygen atoms in total. The second kappa shape index (κ2) is 5.86. The van der Waals surface area contributed by atoms with Gasteiger partial charge in [0, 0.05) is 12.1 Å². The summed E-state index contributed by atoms with van der Waals surface area (Å²) < 4.78 is 72.9. The quantitative estimate of drug-likeness (QED) is 0.684. The lowest BCUT2D eigenvalue weighted by atomic mass is 10.2. The van der Waals surface area contributed by atoms with Crippen LogP contribution < -0.4 is 15.2 Å². The topological polar surface area (TPSA) is 44.5 Å². The van der Waals surface area contributed by atoms with Gasteiger partial charge in [0.1, 0.15) is 0 Å². The fraction of sp³-hybridized carbons (Fsp3) is 0.0769. The Kier molecular flexibility index (Phi) is 4.15. The van der Waals surface area contributed by atoms with Crippen LogP contribution in [0.25, 0.3) is 0 Å². The zero-order valence-electron chi connectivity index (χ0n) is 10.2. The van der Waals surface area contributed by atoms with Crippen LogP contribution in [0.3, 0.4) is 0 Å². The summed E-state index contributed by atoms with van der Waals surface area (Å²) in [7, 11) is 0. The normalized spacial score (nSPS) is 10.8. The highest BCUT2D eigenvalue weighted by Gasteiger charge is 2.16. The van der Waals surface area contributed by atoms with Crippen LogP contribution in [0.1, 0.15) is 0 Å². The zero-order chi connectivity index (χ0) is 15.6. The van der Waals surface area contributed by atoms with E-state index in [1.54, 1.807) is 0 Å². The molecule has 0 fully saturated rings. The lowest BCUT2D eigenvalue weighted by Crippen LogP contribution is -2.05. The van der Waals surface area contributed by atoms with Gasteiger partial charge in [-0.15, -0.1) is 0 Å². The van der Waals surface area contributed by atoms with Crippen LogP contribution in [-0.2, 0) is 0 Å². The molecule has 0 radical (unpaired) electrons. The molecule has 8 heteroatoms. The molecule has 2 aromatic carbocycles. The van der Waals surface area contributed by atoms with Crippen molar-refractivity contribution in [3.8, 4) is 17.2 Å². The number of alkyl halides is 2. The minimum absolute atomic E-state index is 0.294. The first kappa shape index (κ1) is 14.9. The molecule has 0 unspecified atom stereocenters. The average molecular weight is 305 g/mol. The van der Waals surface area contributed by atoms with Crippen molar-refractivity contribution in [2.75, 3.05) is 5.73 Å². The first-order valence-electron chi connectivity index (χ1n) is 5.54. The molecule has 0 aliphatic heterocycles. The van der Waals surface area contributed by atoms with E-state index in [4.69, 9.17) is 10.5 Å². The second-order valence-corrected chi connectivity index (χ2v) is 3.85. The van der Waals surface area contributed by atoms with E-state index in [9.17, 15) is 22.0 Å². The van der Waals surface area contributed by atoms with E-state index in [-0.39, 0.29) is 11.4 Å². The first-order chi connectivity index (χ1) is 9.88. The zero-order valence-corrected chi connectivity index (χ0v) is 10.2. The van der Waals surface area contributed by atoms with E-state index >= 15 is 0 Å². The van der Waals surface area contributed by atoms with Gasteiger partial charge in [-0.2, -0.15) is 13.2 Å². The molecular formula is C13H8F5NO2. The van der Waals surface area contributed by atoms with E-state index in [1.165, 1.54) is 6.07 Å². The summed E-state index contributed by atoms with van der Waals surface area (Å²) in [5, 5.41) is 0. The summed E-state index contributed by atoms with van der Waals surface area (Å²) in [4.78, 5) is 0. The van der Waals surface area contributed by atoms with E-state index < -0.39 is 35.6 Å². The summed E-state index contributed by atoms with van der Waals surface area (Å²) in [6.07, 6.45) is 0. The van der Waals surface area contributed by atoms with Crippen LogP contribution in [0.15, 0.2) is 30.3 Å². The Labute approximate surface area is 115 Å². The van der Waals surface area contributed by atoms with Crippen molar-refractivity contribution in [1.82, 2.24) is 0 Å². The SMILES string of the molecule is Nc1cc(F)c(OC(F)F)cc1Oc1cccc(F)c1F. The molecule has 0 aromatic heterocycles. The predicted molar refractivity (Wildman–Crippen MR) is 63.9 cm³/mol. The first-order valence-corrected chi connectivity index (χ1v) is 5.54. The summed E-state index contributed by atoms with van der Waals surface area (Å²) in [6, 6.07) is 4.52. The molecule has 0 atom stereocenters. The van der Waals surface area contributed by atoms with Crippen LogP contribution in [0, 0.1) is 17.5 Å². The highest BCUT2D eigenvalue weighted by molar-refractivity contribution is 5.57. The minimum atomic E-state index is -3.26. The maximum absolute atomic E-state index is 13.4. The lowest BCUT2D eigenvalue weighted by Gasteiger charge is -2.12. The molecule has 0 heterocycles.